The molecule has 2 N–H and O–H groups in total. The summed E-state index contributed by atoms with van der Waals surface area (Å²) >= 11 is 1.38. The van der Waals surface area contributed by atoms with E-state index < -0.39 is 0 Å². The molecule has 3 rings (SSSR count). The van der Waals surface area contributed by atoms with Gasteiger partial charge < -0.3 is 10.6 Å². The predicted octanol–water partition coefficient (Wildman–Crippen LogP) is 4.06. The summed E-state index contributed by atoms with van der Waals surface area (Å²) < 4.78 is 1.89. The first-order chi connectivity index (χ1) is 15.0. The summed E-state index contributed by atoms with van der Waals surface area (Å²) in [5, 5.41) is 6.59. The highest BCUT2D eigenvalue weighted by Gasteiger charge is 2.11. The molecule has 0 spiro atoms. The zero-order valence-electron chi connectivity index (χ0n) is 17.9. The van der Waals surface area contributed by atoms with E-state index in [0.29, 0.717) is 35.5 Å². The Balaban J connectivity index is 1.60. The van der Waals surface area contributed by atoms with Crippen molar-refractivity contribution in [1.29, 1.82) is 0 Å². The van der Waals surface area contributed by atoms with Crippen LogP contribution in [0, 0.1) is 5.92 Å². The molecule has 0 unspecified atom stereocenters. The molecule has 0 aliphatic rings. The van der Waals surface area contributed by atoms with E-state index in [2.05, 4.69) is 29.5 Å². The molecule has 0 saturated carbocycles. The van der Waals surface area contributed by atoms with Gasteiger partial charge in [0.25, 0.3) is 5.91 Å². The van der Waals surface area contributed by atoms with Gasteiger partial charge in [0.05, 0.1) is 5.75 Å². The van der Waals surface area contributed by atoms with E-state index in [9.17, 15) is 9.59 Å². The van der Waals surface area contributed by atoms with Crippen LogP contribution in [0.4, 0.5) is 0 Å². The van der Waals surface area contributed by atoms with Crippen molar-refractivity contribution in [3.8, 4) is 5.69 Å². The average molecular weight is 437 g/mol. The lowest BCUT2D eigenvalue weighted by atomic mass is 10.1. The maximum Gasteiger partial charge on any atom is 0.251 e. The molecule has 0 saturated heterocycles. The molecule has 1 heterocycles. The summed E-state index contributed by atoms with van der Waals surface area (Å²) in [6, 6.07) is 17.2. The highest BCUT2D eigenvalue weighted by atomic mass is 32.2. The minimum Gasteiger partial charge on any atom is -0.355 e. The second-order valence-corrected chi connectivity index (χ2v) is 8.56. The van der Waals surface area contributed by atoms with Crippen molar-refractivity contribution < 1.29 is 9.59 Å². The van der Waals surface area contributed by atoms with E-state index in [1.807, 2.05) is 59.3 Å². The van der Waals surface area contributed by atoms with Crippen molar-refractivity contribution in [3.05, 3.63) is 78.1 Å². The molecule has 0 radical (unpaired) electrons. The summed E-state index contributed by atoms with van der Waals surface area (Å²) in [6.07, 6.45) is 4.49. The Kier molecular flexibility index (Phi) is 8.29. The number of aromatic nitrogens is 2. The van der Waals surface area contributed by atoms with E-state index in [1.165, 1.54) is 11.8 Å². The quantitative estimate of drug-likeness (QED) is 0.470. The first-order valence-electron chi connectivity index (χ1n) is 10.4. The maximum atomic E-state index is 12.6. The van der Waals surface area contributed by atoms with Crippen LogP contribution >= 0.6 is 11.8 Å². The number of benzene rings is 2. The molecule has 2 amide bonds. The van der Waals surface area contributed by atoms with Crippen LogP contribution < -0.4 is 10.6 Å². The summed E-state index contributed by atoms with van der Waals surface area (Å²) in [6.45, 7) is 5.43. The summed E-state index contributed by atoms with van der Waals surface area (Å²) in [5.41, 5.74) is 2.45. The Morgan fingerprint density at radius 2 is 1.87 bits per heavy atom. The molecule has 6 nitrogen and oxygen atoms in total. The molecular weight excluding hydrogens is 408 g/mol. The number of nitrogens with zero attached hydrogens (tertiary/aromatic N) is 2. The molecule has 0 aliphatic carbocycles. The van der Waals surface area contributed by atoms with Crippen LogP contribution in [0.3, 0.4) is 0 Å². The Bertz CT molecular complexity index is 1000. The Hall–Kier alpha value is -3.06. The van der Waals surface area contributed by atoms with Gasteiger partial charge in [-0.2, -0.15) is 0 Å². The van der Waals surface area contributed by atoms with Crippen LogP contribution in [0.25, 0.3) is 5.69 Å². The fraction of sp³-hybridized carbons (Fsp3) is 0.292. The number of hydrogen-bond acceptors (Lipinski definition) is 4. The lowest BCUT2D eigenvalue weighted by Gasteiger charge is -2.10. The third-order valence-electron chi connectivity index (χ3n) is 4.67. The number of imidazole rings is 1. The van der Waals surface area contributed by atoms with Gasteiger partial charge in [-0.1, -0.05) is 62.0 Å². The highest BCUT2D eigenvalue weighted by molar-refractivity contribution is 7.99. The normalized spacial score (nSPS) is 10.8. The number of carbonyl (C=O) groups is 2. The number of thioether (sulfide) groups is 1. The molecule has 1 aromatic heterocycles. The van der Waals surface area contributed by atoms with Gasteiger partial charge in [0.15, 0.2) is 5.16 Å². The molecule has 0 bridgehead atoms. The minimum atomic E-state index is -0.135. The average Bonchev–Trinajstić information content (AvgIpc) is 3.25. The lowest BCUT2D eigenvalue weighted by Crippen LogP contribution is -2.27. The first-order valence-corrected chi connectivity index (χ1v) is 11.4. The van der Waals surface area contributed by atoms with Crippen molar-refractivity contribution in [2.75, 3.05) is 12.3 Å². The fourth-order valence-electron chi connectivity index (χ4n) is 2.95. The molecular formula is C24H28N4O2S. The van der Waals surface area contributed by atoms with Crippen molar-refractivity contribution in [2.24, 2.45) is 5.92 Å². The summed E-state index contributed by atoms with van der Waals surface area (Å²) in [4.78, 5) is 29.0. The zero-order valence-corrected chi connectivity index (χ0v) is 18.7. The molecule has 162 valence electrons. The smallest absolute Gasteiger partial charge is 0.251 e. The number of nitrogens with one attached hydrogen (secondary N) is 2. The van der Waals surface area contributed by atoms with Crippen molar-refractivity contribution in [2.45, 2.75) is 32.0 Å². The summed E-state index contributed by atoms with van der Waals surface area (Å²) in [5.74, 6) is 0.717. The van der Waals surface area contributed by atoms with Crippen LogP contribution in [0.2, 0.25) is 0 Å². The second kappa shape index (κ2) is 11.4. The SMILES string of the molecule is CC(C)CCNC(=O)CSc1nccn1-c1cccc(C(=O)NCc2ccccc2)c1. The van der Waals surface area contributed by atoms with Crippen molar-refractivity contribution in [1.82, 2.24) is 20.2 Å². The number of rotatable bonds is 10. The molecule has 0 fully saturated rings. The Morgan fingerprint density at radius 3 is 2.65 bits per heavy atom. The topological polar surface area (TPSA) is 76.0 Å². The van der Waals surface area contributed by atoms with Gasteiger partial charge in [-0.05, 0) is 36.1 Å². The van der Waals surface area contributed by atoms with Crippen LogP contribution in [-0.2, 0) is 11.3 Å². The standard InChI is InChI=1S/C24H28N4O2S/c1-18(2)11-12-25-22(29)17-31-24-26-13-14-28(24)21-10-6-9-20(15-21)23(30)27-16-19-7-4-3-5-8-19/h3-10,13-15,18H,11-12,16-17H2,1-2H3,(H,25,29)(H,27,30). The van der Waals surface area contributed by atoms with E-state index >= 15 is 0 Å². The third-order valence-corrected chi connectivity index (χ3v) is 5.63. The van der Waals surface area contributed by atoms with Crippen LogP contribution in [-0.4, -0.2) is 33.7 Å². The zero-order chi connectivity index (χ0) is 22.1. The van der Waals surface area contributed by atoms with Crippen LogP contribution in [0.15, 0.2) is 72.1 Å². The maximum absolute atomic E-state index is 12.6. The highest BCUT2D eigenvalue weighted by Crippen LogP contribution is 2.21. The Labute approximate surface area is 187 Å². The van der Waals surface area contributed by atoms with Gasteiger partial charge >= 0.3 is 0 Å². The largest absolute Gasteiger partial charge is 0.355 e. The minimum absolute atomic E-state index is 0.00533. The number of hydrogen-bond donors (Lipinski definition) is 2. The molecule has 0 aliphatic heterocycles. The van der Waals surface area contributed by atoms with Gasteiger partial charge in [0.2, 0.25) is 5.91 Å². The van der Waals surface area contributed by atoms with E-state index in [-0.39, 0.29) is 11.8 Å². The van der Waals surface area contributed by atoms with Gasteiger partial charge in [-0.15, -0.1) is 0 Å². The molecule has 3 aromatic rings. The molecule has 2 aromatic carbocycles. The van der Waals surface area contributed by atoms with Gasteiger partial charge in [-0.3, -0.25) is 14.2 Å². The van der Waals surface area contributed by atoms with E-state index in [0.717, 1.165) is 17.7 Å². The second-order valence-electron chi connectivity index (χ2n) is 7.62. The number of amides is 2. The van der Waals surface area contributed by atoms with Crippen molar-refractivity contribution >= 4 is 23.6 Å². The van der Waals surface area contributed by atoms with E-state index in [1.54, 1.807) is 12.3 Å². The van der Waals surface area contributed by atoms with E-state index in [4.69, 9.17) is 0 Å². The summed E-state index contributed by atoms with van der Waals surface area (Å²) in [7, 11) is 0. The monoisotopic (exact) mass is 436 g/mol. The fourth-order valence-corrected chi connectivity index (χ4v) is 3.75. The predicted molar refractivity (Wildman–Crippen MR) is 124 cm³/mol. The van der Waals surface area contributed by atoms with Gasteiger partial charge in [-0.25, -0.2) is 4.98 Å². The van der Waals surface area contributed by atoms with Crippen LogP contribution in [0.1, 0.15) is 36.2 Å². The van der Waals surface area contributed by atoms with Crippen LogP contribution in [0.5, 0.6) is 0 Å². The third kappa shape index (κ3) is 7.00. The molecule has 7 heteroatoms. The van der Waals surface area contributed by atoms with Gasteiger partial charge in [0, 0.05) is 36.7 Å². The first kappa shape index (κ1) is 22.6. The lowest BCUT2D eigenvalue weighted by molar-refractivity contribution is -0.118. The molecule has 0 atom stereocenters. The van der Waals surface area contributed by atoms with Gasteiger partial charge in [0.1, 0.15) is 0 Å². The number of carbonyl (C=O) groups excluding carboxylic acids is 2. The molecule has 31 heavy (non-hydrogen) atoms. The van der Waals surface area contributed by atoms with Crippen molar-refractivity contribution in [3.63, 3.8) is 0 Å². The Morgan fingerprint density at radius 1 is 1.06 bits per heavy atom.